The summed E-state index contributed by atoms with van der Waals surface area (Å²) >= 11 is 1.95. The van der Waals surface area contributed by atoms with Gasteiger partial charge in [0.2, 0.25) is 11.8 Å². The standard InChI is InChI=1S/C19H32N2O2S/c1-18(2,3)14-16(22)20-10-8-19(9-11-20)21(12-13-24-19)17(23)15-6-4-5-7-15/h15H,4-14H2,1-3H3. The summed E-state index contributed by atoms with van der Waals surface area (Å²) in [6.07, 6.45) is 7.05. The maximum absolute atomic E-state index is 13.0. The molecule has 0 atom stereocenters. The number of hydrogen-bond acceptors (Lipinski definition) is 3. The summed E-state index contributed by atoms with van der Waals surface area (Å²) in [5.74, 6) is 1.98. The van der Waals surface area contributed by atoms with Crippen molar-refractivity contribution in [3.8, 4) is 0 Å². The quantitative estimate of drug-likeness (QED) is 0.764. The second-order valence-corrected chi connectivity index (χ2v) is 10.3. The summed E-state index contributed by atoms with van der Waals surface area (Å²) in [5.41, 5.74) is 0.0405. The van der Waals surface area contributed by atoms with Crippen LogP contribution in [0.4, 0.5) is 0 Å². The molecule has 1 spiro atoms. The summed E-state index contributed by atoms with van der Waals surface area (Å²) in [5, 5.41) is 0. The van der Waals surface area contributed by atoms with Crippen molar-refractivity contribution in [2.45, 2.75) is 70.6 Å². The first-order chi connectivity index (χ1) is 11.3. The minimum Gasteiger partial charge on any atom is -0.342 e. The van der Waals surface area contributed by atoms with Crippen molar-refractivity contribution < 1.29 is 9.59 Å². The second kappa shape index (κ2) is 6.89. The van der Waals surface area contributed by atoms with E-state index in [1.54, 1.807) is 0 Å². The number of piperidine rings is 1. The topological polar surface area (TPSA) is 40.6 Å². The van der Waals surface area contributed by atoms with Gasteiger partial charge in [-0.2, -0.15) is 0 Å². The van der Waals surface area contributed by atoms with E-state index in [-0.39, 0.29) is 22.1 Å². The Labute approximate surface area is 150 Å². The average Bonchev–Trinajstić information content (AvgIpc) is 3.16. The van der Waals surface area contributed by atoms with Crippen LogP contribution in [0.1, 0.15) is 65.7 Å². The fourth-order valence-corrected chi connectivity index (χ4v) is 5.86. The molecule has 0 bridgehead atoms. The van der Waals surface area contributed by atoms with Crippen LogP contribution in [0.25, 0.3) is 0 Å². The van der Waals surface area contributed by atoms with E-state index in [9.17, 15) is 9.59 Å². The highest BCUT2D eigenvalue weighted by molar-refractivity contribution is 8.00. The number of carbonyl (C=O) groups is 2. The van der Waals surface area contributed by atoms with Crippen LogP contribution in [0.2, 0.25) is 0 Å². The lowest BCUT2D eigenvalue weighted by Gasteiger charge is -2.45. The van der Waals surface area contributed by atoms with Crippen molar-refractivity contribution in [1.29, 1.82) is 0 Å². The summed E-state index contributed by atoms with van der Waals surface area (Å²) in [4.78, 5) is 29.6. The Morgan fingerprint density at radius 3 is 2.29 bits per heavy atom. The lowest BCUT2D eigenvalue weighted by molar-refractivity contribution is -0.140. The van der Waals surface area contributed by atoms with Crippen LogP contribution in [0.5, 0.6) is 0 Å². The van der Waals surface area contributed by atoms with Crippen molar-refractivity contribution in [2.24, 2.45) is 11.3 Å². The molecule has 3 fully saturated rings. The van der Waals surface area contributed by atoms with Gasteiger partial charge in [0.15, 0.2) is 0 Å². The van der Waals surface area contributed by atoms with Gasteiger partial charge in [-0.15, -0.1) is 11.8 Å². The summed E-state index contributed by atoms with van der Waals surface area (Å²) < 4.78 is 0. The number of hydrogen-bond donors (Lipinski definition) is 0. The third-order valence-corrected chi connectivity index (χ3v) is 7.28. The van der Waals surface area contributed by atoms with Gasteiger partial charge in [-0.1, -0.05) is 33.6 Å². The first-order valence-electron chi connectivity index (χ1n) is 9.54. The maximum atomic E-state index is 13.0. The van der Waals surface area contributed by atoms with Gasteiger partial charge >= 0.3 is 0 Å². The molecular weight excluding hydrogens is 320 g/mol. The zero-order chi connectivity index (χ0) is 17.4. The van der Waals surface area contributed by atoms with Gasteiger partial charge in [-0.25, -0.2) is 0 Å². The van der Waals surface area contributed by atoms with Crippen LogP contribution < -0.4 is 0 Å². The maximum Gasteiger partial charge on any atom is 0.226 e. The molecule has 24 heavy (non-hydrogen) atoms. The number of amides is 2. The molecular formula is C19H32N2O2S. The highest BCUT2D eigenvalue weighted by Crippen LogP contribution is 2.45. The van der Waals surface area contributed by atoms with Gasteiger partial charge in [-0.05, 0) is 31.1 Å². The molecule has 0 aromatic heterocycles. The van der Waals surface area contributed by atoms with Gasteiger partial charge < -0.3 is 9.80 Å². The van der Waals surface area contributed by atoms with E-state index in [0.29, 0.717) is 12.3 Å². The smallest absolute Gasteiger partial charge is 0.226 e. The minimum atomic E-state index is -0.0296. The monoisotopic (exact) mass is 352 g/mol. The van der Waals surface area contributed by atoms with Crippen LogP contribution in [-0.4, -0.2) is 51.9 Å². The predicted molar refractivity (Wildman–Crippen MR) is 98.7 cm³/mol. The Bertz CT molecular complexity index is 486. The molecule has 0 aromatic carbocycles. The van der Waals surface area contributed by atoms with Crippen molar-refractivity contribution >= 4 is 23.6 Å². The third-order valence-electron chi connectivity index (χ3n) is 5.73. The zero-order valence-electron chi connectivity index (χ0n) is 15.5. The van der Waals surface area contributed by atoms with Crippen LogP contribution in [0.3, 0.4) is 0 Å². The van der Waals surface area contributed by atoms with Gasteiger partial charge in [0.25, 0.3) is 0 Å². The molecule has 0 aromatic rings. The number of nitrogens with zero attached hydrogens (tertiary/aromatic N) is 2. The normalized spacial score (nSPS) is 24.8. The minimum absolute atomic E-state index is 0.0296. The van der Waals surface area contributed by atoms with Crippen LogP contribution in [0, 0.1) is 11.3 Å². The van der Waals surface area contributed by atoms with Gasteiger partial charge in [0.1, 0.15) is 0 Å². The first kappa shape index (κ1) is 18.1. The molecule has 136 valence electrons. The number of rotatable bonds is 2. The van der Waals surface area contributed by atoms with Gasteiger partial charge in [0.05, 0.1) is 4.87 Å². The lowest BCUT2D eigenvalue weighted by Crippen LogP contribution is -2.54. The lowest BCUT2D eigenvalue weighted by atomic mass is 9.91. The molecule has 2 aliphatic heterocycles. The Morgan fingerprint density at radius 1 is 1.08 bits per heavy atom. The highest BCUT2D eigenvalue weighted by atomic mass is 32.2. The molecule has 0 unspecified atom stereocenters. The number of thioether (sulfide) groups is 1. The van der Waals surface area contributed by atoms with Crippen LogP contribution >= 0.6 is 11.8 Å². The largest absolute Gasteiger partial charge is 0.342 e. The first-order valence-corrected chi connectivity index (χ1v) is 10.5. The fourth-order valence-electron chi connectivity index (χ4n) is 4.40. The van der Waals surface area contributed by atoms with Gasteiger partial charge in [0, 0.05) is 37.7 Å². The molecule has 4 nitrogen and oxygen atoms in total. The third kappa shape index (κ3) is 3.76. The van der Waals surface area contributed by atoms with E-state index in [1.165, 1.54) is 12.8 Å². The molecule has 5 heteroatoms. The predicted octanol–water partition coefficient (Wildman–Crippen LogP) is 3.51. The Hall–Kier alpha value is -0.710. The number of likely N-dealkylation sites (tertiary alicyclic amines) is 1. The Morgan fingerprint density at radius 2 is 1.71 bits per heavy atom. The van der Waals surface area contributed by atoms with Crippen LogP contribution in [-0.2, 0) is 9.59 Å². The van der Waals surface area contributed by atoms with E-state index >= 15 is 0 Å². The van der Waals surface area contributed by atoms with Crippen molar-refractivity contribution in [1.82, 2.24) is 9.80 Å². The molecule has 0 radical (unpaired) electrons. The molecule has 3 aliphatic rings. The molecule has 1 aliphatic carbocycles. The van der Waals surface area contributed by atoms with E-state index < -0.39 is 0 Å². The van der Waals surface area contributed by atoms with Crippen molar-refractivity contribution in [3.05, 3.63) is 0 Å². The SMILES string of the molecule is CC(C)(C)CC(=O)N1CCC2(CC1)SCCN2C(=O)C1CCCC1. The van der Waals surface area contributed by atoms with E-state index in [0.717, 1.165) is 51.1 Å². The summed E-state index contributed by atoms with van der Waals surface area (Å²) in [7, 11) is 0. The highest BCUT2D eigenvalue weighted by Gasteiger charge is 2.48. The van der Waals surface area contributed by atoms with Gasteiger partial charge in [-0.3, -0.25) is 9.59 Å². The molecule has 3 rings (SSSR count). The van der Waals surface area contributed by atoms with E-state index in [2.05, 4.69) is 25.7 Å². The average molecular weight is 353 g/mol. The molecule has 0 N–H and O–H groups in total. The molecule has 2 heterocycles. The fraction of sp³-hybridized carbons (Fsp3) is 0.895. The Kier molecular flexibility index (Phi) is 5.19. The van der Waals surface area contributed by atoms with E-state index in [1.807, 2.05) is 16.7 Å². The molecule has 1 saturated carbocycles. The second-order valence-electron chi connectivity index (χ2n) is 8.88. The van der Waals surface area contributed by atoms with E-state index in [4.69, 9.17) is 0 Å². The molecule has 2 saturated heterocycles. The molecule has 2 amide bonds. The summed E-state index contributed by atoms with van der Waals surface area (Å²) in [6.45, 7) is 8.85. The Balaban J connectivity index is 1.61. The van der Waals surface area contributed by atoms with Crippen molar-refractivity contribution in [3.63, 3.8) is 0 Å². The van der Waals surface area contributed by atoms with Crippen LogP contribution in [0.15, 0.2) is 0 Å². The number of carbonyl (C=O) groups excluding carboxylic acids is 2. The summed E-state index contributed by atoms with van der Waals surface area (Å²) in [6, 6.07) is 0. The van der Waals surface area contributed by atoms with Crippen molar-refractivity contribution in [2.75, 3.05) is 25.4 Å². The zero-order valence-corrected chi connectivity index (χ0v) is 16.3.